The minimum atomic E-state index is -4.79. The Hall–Kier alpha value is -3.01. The first-order valence-corrected chi connectivity index (χ1v) is 8.05. The Labute approximate surface area is 151 Å². The molecule has 0 radical (unpaired) electrons. The third-order valence-electron chi connectivity index (χ3n) is 4.10. The molecule has 144 valence electrons. The summed E-state index contributed by atoms with van der Waals surface area (Å²) in [5, 5.41) is 8.73. The van der Waals surface area contributed by atoms with Gasteiger partial charge in [0.2, 0.25) is 0 Å². The van der Waals surface area contributed by atoms with E-state index >= 15 is 0 Å². The highest BCUT2D eigenvalue weighted by Gasteiger charge is 2.31. The van der Waals surface area contributed by atoms with Gasteiger partial charge in [-0.05, 0) is 30.2 Å². The van der Waals surface area contributed by atoms with E-state index in [0.29, 0.717) is 25.1 Å². The zero-order valence-corrected chi connectivity index (χ0v) is 14.0. The van der Waals surface area contributed by atoms with Crippen LogP contribution < -0.4 is 10.2 Å². The van der Waals surface area contributed by atoms with E-state index in [1.54, 1.807) is 10.6 Å². The van der Waals surface area contributed by atoms with E-state index in [1.165, 1.54) is 40.8 Å². The van der Waals surface area contributed by atoms with Crippen molar-refractivity contribution in [3.05, 3.63) is 53.3 Å². The summed E-state index contributed by atoms with van der Waals surface area (Å²) in [6, 6.07) is 6.81. The summed E-state index contributed by atoms with van der Waals surface area (Å²) >= 11 is 0. The fourth-order valence-corrected chi connectivity index (χ4v) is 2.97. The Kier molecular flexibility index (Phi) is 5.08. The lowest BCUT2D eigenvalue weighted by atomic mass is 10.2. The third-order valence-corrected chi connectivity index (χ3v) is 4.10. The van der Waals surface area contributed by atoms with Crippen LogP contribution in [-0.2, 0) is 13.1 Å². The van der Waals surface area contributed by atoms with E-state index in [-0.39, 0.29) is 29.5 Å². The number of hydrogen-bond acceptors (Lipinski definition) is 4. The molecule has 1 aromatic heterocycles. The predicted molar refractivity (Wildman–Crippen MR) is 86.2 cm³/mol. The molecule has 7 nitrogen and oxygen atoms in total. The molecule has 1 aliphatic heterocycles. The maximum Gasteiger partial charge on any atom is 0.573 e. The van der Waals surface area contributed by atoms with Crippen molar-refractivity contribution in [2.24, 2.45) is 0 Å². The highest BCUT2D eigenvalue weighted by Crippen LogP contribution is 2.25. The molecule has 0 saturated heterocycles. The van der Waals surface area contributed by atoms with Gasteiger partial charge in [-0.2, -0.15) is 0 Å². The van der Waals surface area contributed by atoms with Crippen LogP contribution in [0.2, 0.25) is 0 Å². The Morgan fingerprint density at radius 2 is 2.04 bits per heavy atom. The quantitative estimate of drug-likeness (QED) is 0.628. The number of nitrogens with zero attached hydrogens (tertiary/aromatic N) is 2. The molecule has 0 aliphatic carbocycles. The molecule has 2 heterocycles. The number of benzene rings is 1. The summed E-state index contributed by atoms with van der Waals surface area (Å²) in [4.78, 5) is 25.8. The number of amides is 2. The summed E-state index contributed by atoms with van der Waals surface area (Å²) in [5.74, 6) is -1.44. The lowest BCUT2D eigenvalue weighted by molar-refractivity contribution is -0.274. The molecule has 0 unspecified atom stereocenters. The van der Waals surface area contributed by atoms with E-state index in [9.17, 15) is 22.8 Å². The topological polar surface area (TPSA) is 83.8 Å². The summed E-state index contributed by atoms with van der Waals surface area (Å²) in [6.45, 7) is 1.00. The van der Waals surface area contributed by atoms with Gasteiger partial charge in [-0.3, -0.25) is 14.8 Å². The lowest BCUT2D eigenvalue weighted by Gasteiger charge is -2.20. The standard InChI is InChI=1S/C17H16F3N3O4/c18-17(19,20)27-13-4-1-3-11(7-13)9-23-6-2-5-22-10-12(15(24)21-26)8-14(22)16(23)25/h1,3-4,7-8,10,26H,2,5-6,9H2,(H,21,24). The molecule has 10 heteroatoms. The molecule has 0 atom stereocenters. The van der Waals surface area contributed by atoms with Crippen LogP contribution in [0.25, 0.3) is 0 Å². The van der Waals surface area contributed by atoms with Gasteiger partial charge in [0.25, 0.3) is 11.8 Å². The second-order valence-electron chi connectivity index (χ2n) is 6.02. The second kappa shape index (κ2) is 7.31. The van der Waals surface area contributed by atoms with Crippen LogP contribution in [0.5, 0.6) is 5.75 Å². The van der Waals surface area contributed by atoms with E-state index in [0.717, 1.165) is 0 Å². The first-order chi connectivity index (χ1) is 12.8. The summed E-state index contributed by atoms with van der Waals surface area (Å²) in [5.41, 5.74) is 2.41. The number of fused-ring (bicyclic) bond motifs is 1. The molecule has 3 rings (SSSR count). The van der Waals surface area contributed by atoms with Gasteiger partial charge in [0.15, 0.2) is 0 Å². The SMILES string of the molecule is O=C(NO)c1cc2n(c1)CCCN(Cc1cccc(OC(F)(F)F)c1)C2=O. The Morgan fingerprint density at radius 1 is 1.26 bits per heavy atom. The third kappa shape index (κ3) is 4.40. The number of rotatable bonds is 4. The van der Waals surface area contributed by atoms with E-state index in [4.69, 9.17) is 5.21 Å². The number of hydroxylamine groups is 1. The van der Waals surface area contributed by atoms with Gasteiger partial charge in [-0.15, -0.1) is 13.2 Å². The first-order valence-electron chi connectivity index (χ1n) is 8.05. The average molecular weight is 383 g/mol. The molecule has 1 aliphatic rings. The van der Waals surface area contributed by atoms with Crippen molar-refractivity contribution in [3.63, 3.8) is 0 Å². The van der Waals surface area contributed by atoms with Gasteiger partial charge in [0, 0.05) is 25.8 Å². The number of hydrogen-bond donors (Lipinski definition) is 2. The largest absolute Gasteiger partial charge is 0.573 e. The number of ether oxygens (including phenoxy) is 1. The number of aryl methyl sites for hydroxylation is 1. The molecule has 2 N–H and O–H groups in total. The summed E-state index contributed by atoms with van der Waals surface area (Å²) in [7, 11) is 0. The maximum atomic E-state index is 12.8. The molecule has 2 aromatic rings. The zero-order valence-electron chi connectivity index (χ0n) is 14.0. The van der Waals surface area contributed by atoms with E-state index in [1.807, 2.05) is 0 Å². The molecule has 0 bridgehead atoms. The normalized spacial score (nSPS) is 14.5. The van der Waals surface area contributed by atoms with Gasteiger partial charge >= 0.3 is 6.36 Å². The Balaban J connectivity index is 1.80. The fourth-order valence-electron chi connectivity index (χ4n) is 2.97. The molecule has 0 spiro atoms. The van der Waals surface area contributed by atoms with Crippen LogP contribution in [0.3, 0.4) is 0 Å². The van der Waals surface area contributed by atoms with Crippen LogP contribution >= 0.6 is 0 Å². The van der Waals surface area contributed by atoms with Crippen LogP contribution in [0.15, 0.2) is 36.5 Å². The summed E-state index contributed by atoms with van der Waals surface area (Å²) in [6.07, 6.45) is -2.71. The van der Waals surface area contributed by atoms with Gasteiger partial charge in [-0.25, -0.2) is 5.48 Å². The van der Waals surface area contributed by atoms with Crippen molar-refractivity contribution < 1.29 is 32.7 Å². The highest BCUT2D eigenvalue weighted by molar-refractivity contribution is 5.99. The number of aromatic nitrogens is 1. The monoisotopic (exact) mass is 383 g/mol. The second-order valence-corrected chi connectivity index (χ2v) is 6.02. The molecule has 27 heavy (non-hydrogen) atoms. The van der Waals surface area contributed by atoms with Gasteiger partial charge in [-0.1, -0.05) is 12.1 Å². The smallest absolute Gasteiger partial charge is 0.406 e. The first kappa shape index (κ1) is 18.8. The molecule has 0 fully saturated rings. The number of halogens is 3. The fraction of sp³-hybridized carbons (Fsp3) is 0.294. The Morgan fingerprint density at radius 3 is 2.74 bits per heavy atom. The predicted octanol–water partition coefficient (Wildman–Crippen LogP) is 2.55. The van der Waals surface area contributed by atoms with Gasteiger partial charge in [0.05, 0.1) is 5.56 Å². The average Bonchev–Trinajstić information content (AvgIpc) is 2.97. The number of nitrogens with one attached hydrogen (secondary N) is 1. The van der Waals surface area contributed by atoms with E-state index < -0.39 is 12.3 Å². The molecular weight excluding hydrogens is 367 g/mol. The van der Waals surface area contributed by atoms with Gasteiger partial charge in [0.1, 0.15) is 11.4 Å². The molecular formula is C17H16F3N3O4. The molecule has 2 amide bonds. The van der Waals surface area contributed by atoms with Crippen LogP contribution in [0.4, 0.5) is 13.2 Å². The van der Waals surface area contributed by atoms with Crippen molar-refractivity contribution in [3.8, 4) is 5.75 Å². The number of carbonyl (C=O) groups is 2. The number of alkyl halides is 3. The van der Waals surface area contributed by atoms with Crippen molar-refractivity contribution in [2.45, 2.75) is 25.9 Å². The van der Waals surface area contributed by atoms with E-state index in [2.05, 4.69) is 4.74 Å². The molecule has 0 saturated carbocycles. The minimum Gasteiger partial charge on any atom is -0.406 e. The van der Waals surface area contributed by atoms with Gasteiger partial charge < -0.3 is 14.2 Å². The molecule has 1 aromatic carbocycles. The van der Waals surface area contributed by atoms with Crippen molar-refractivity contribution in [1.82, 2.24) is 14.9 Å². The van der Waals surface area contributed by atoms with Crippen LogP contribution in [0.1, 0.15) is 32.8 Å². The number of carbonyl (C=O) groups excluding carboxylic acids is 2. The minimum absolute atomic E-state index is 0.0978. The van der Waals surface area contributed by atoms with Crippen LogP contribution in [-0.4, -0.2) is 39.4 Å². The summed E-state index contributed by atoms with van der Waals surface area (Å²) < 4.78 is 42.6. The maximum absolute atomic E-state index is 12.8. The van der Waals surface area contributed by atoms with Crippen molar-refractivity contribution >= 4 is 11.8 Å². The lowest BCUT2D eigenvalue weighted by Crippen LogP contribution is -2.30. The highest BCUT2D eigenvalue weighted by atomic mass is 19.4. The Bertz CT molecular complexity index is 863. The van der Waals surface area contributed by atoms with Crippen LogP contribution in [0, 0.1) is 0 Å². The van der Waals surface area contributed by atoms with Crippen molar-refractivity contribution in [2.75, 3.05) is 6.54 Å². The zero-order chi connectivity index (χ0) is 19.6. The van der Waals surface area contributed by atoms with Crippen molar-refractivity contribution in [1.29, 1.82) is 0 Å².